The molecule has 1 saturated carbocycles. The minimum atomic E-state index is -1.32. The van der Waals surface area contributed by atoms with Crippen molar-refractivity contribution in [3.05, 3.63) is 0 Å². The van der Waals surface area contributed by atoms with E-state index in [1.165, 1.54) is 0 Å². The molecule has 1 amide bonds. The van der Waals surface area contributed by atoms with Gasteiger partial charge in [0.2, 0.25) is 5.91 Å². The first-order valence-electron chi connectivity index (χ1n) is 6.02. The highest BCUT2D eigenvalue weighted by molar-refractivity contribution is 5.99. The number of terminal acetylenes is 1. The van der Waals surface area contributed by atoms with Crippen LogP contribution >= 0.6 is 0 Å². The molecular weight excluding hydrogens is 236 g/mol. The number of aliphatic hydroxyl groups is 1. The standard InChI is InChI=1S/C12H16N2O4/c1-2-12(6-4-3-5-7-12)13-9(15)8-10(16)14-18-11(8)17/h1,8,10,14,16H,3-7H2,(H,13,15). The Bertz CT molecular complexity index is 395. The fraction of sp³-hybridized carbons (Fsp3) is 0.667. The summed E-state index contributed by atoms with van der Waals surface area (Å²) in [5, 5.41) is 12.2. The fourth-order valence-corrected chi connectivity index (χ4v) is 2.40. The zero-order chi connectivity index (χ0) is 13.2. The van der Waals surface area contributed by atoms with Crippen molar-refractivity contribution in [3.63, 3.8) is 0 Å². The molecule has 1 aliphatic heterocycles. The number of carbonyl (C=O) groups is 2. The molecule has 6 nitrogen and oxygen atoms in total. The summed E-state index contributed by atoms with van der Waals surface area (Å²) in [7, 11) is 0. The largest absolute Gasteiger partial charge is 0.374 e. The average Bonchev–Trinajstić information content (AvgIpc) is 2.70. The summed E-state index contributed by atoms with van der Waals surface area (Å²) in [5.41, 5.74) is 1.37. The molecule has 2 atom stereocenters. The second-order valence-corrected chi connectivity index (χ2v) is 4.74. The van der Waals surface area contributed by atoms with Crippen LogP contribution in [0.25, 0.3) is 0 Å². The van der Waals surface area contributed by atoms with E-state index in [1.807, 2.05) is 0 Å². The zero-order valence-corrected chi connectivity index (χ0v) is 9.94. The number of hydroxylamine groups is 1. The summed E-state index contributed by atoms with van der Waals surface area (Å²) in [6.45, 7) is 0. The van der Waals surface area contributed by atoms with Crippen LogP contribution < -0.4 is 10.8 Å². The van der Waals surface area contributed by atoms with E-state index in [9.17, 15) is 14.7 Å². The van der Waals surface area contributed by atoms with E-state index in [0.717, 1.165) is 19.3 Å². The quantitative estimate of drug-likeness (QED) is 0.453. The Balaban J connectivity index is 2.06. The van der Waals surface area contributed by atoms with E-state index in [0.29, 0.717) is 12.8 Å². The molecule has 0 aromatic heterocycles. The third-order valence-electron chi connectivity index (χ3n) is 3.48. The second kappa shape index (κ2) is 4.96. The molecule has 0 aromatic rings. The summed E-state index contributed by atoms with van der Waals surface area (Å²) < 4.78 is 0. The van der Waals surface area contributed by atoms with Crippen LogP contribution in [0.3, 0.4) is 0 Å². The van der Waals surface area contributed by atoms with Crippen molar-refractivity contribution in [2.75, 3.05) is 0 Å². The highest BCUT2D eigenvalue weighted by Crippen LogP contribution is 2.28. The van der Waals surface area contributed by atoms with E-state index >= 15 is 0 Å². The normalized spacial score (nSPS) is 30.3. The van der Waals surface area contributed by atoms with Gasteiger partial charge in [-0.3, -0.25) is 4.79 Å². The molecular formula is C12H16N2O4. The monoisotopic (exact) mass is 252 g/mol. The van der Waals surface area contributed by atoms with E-state index < -0.39 is 29.6 Å². The molecule has 2 fully saturated rings. The first-order valence-corrected chi connectivity index (χ1v) is 6.02. The number of hydrogen-bond acceptors (Lipinski definition) is 5. The van der Waals surface area contributed by atoms with Crippen molar-refractivity contribution in [1.82, 2.24) is 10.8 Å². The molecule has 18 heavy (non-hydrogen) atoms. The molecule has 3 N–H and O–H groups in total. The Morgan fingerprint density at radius 2 is 2.17 bits per heavy atom. The lowest BCUT2D eigenvalue weighted by Gasteiger charge is -2.34. The van der Waals surface area contributed by atoms with Gasteiger partial charge in [-0.2, -0.15) is 0 Å². The number of amides is 1. The van der Waals surface area contributed by atoms with Crippen molar-refractivity contribution in [3.8, 4) is 12.3 Å². The molecule has 0 aromatic carbocycles. The van der Waals surface area contributed by atoms with Crippen molar-refractivity contribution in [2.24, 2.45) is 5.92 Å². The average molecular weight is 252 g/mol. The van der Waals surface area contributed by atoms with Crippen molar-refractivity contribution in [2.45, 2.75) is 43.9 Å². The maximum absolute atomic E-state index is 12.0. The smallest absolute Gasteiger partial charge is 0.341 e. The molecule has 0 radical (unpaired) electrons. The predicted octanol–water partition coefficient (Wildman–Crippen LogP) is -0.565. The van der Waals surface area contributed by atoms with Gasteiger partial charge in [-0.05, 0) is 12.8 Å². The fourth-order valence-electron chi connectivity index (χ4n) is 2.40. The van der Waals surface area contributed by atoms with Crippen molar-refractivity contribution in [1.29, 1.82) is 0 Å². The summed E-state index contributed by atoms with van der Waals surface area (Å²) >= 11 is 0. The van der Waals surface area contributed by atoms with Crippen molar-refractivity contribution < 1.29 is 19.5 Å². The molecule has 0 bridgehead atoms. The van der Waals surface area contributed by atoms with Crippen LogP contribution in [0.5, 0.6) is 0 Å². The lowest BCUT2D eigenvalue weighted by atomic mass is 9.82. The molecule has 1 aliphatic carbocycles. The maximum Gasteiger partial charge on any atom is 0.341 e. The number of carbonyl (C=O) groups excluding carboxylic acids is 2. The van der Waals surface area contributed by atoms with Crippen LogP contribution in [0, 0.1) is 18.3 Å². The third kappa shape index (κ3) is 2.33. The summed E-state index contributed by atoms with van der Waals surface area (Å²) in [6, 6.07) is 0. The number of rotatable bonds is 2. The summed E-state index contributed by atoms with van der Waals surface area (Å²) in [4.78, 5) is 27.7. The van der Waals surface area contributed by atoms with E-state index in [2.05, 4.69) is 21.6 Å². The van der Waals surface area contributed by atoms with Crippen LogP contribution in [0.1, 0.15) is 32.1 Å². The van der Waals surface area contributed by atoms with Gasteiger partial charge in [0.15, 0.2) is 12.1 Å². The highest BCUT2D eigenvalue weighted by Gasteiger charge is 2.44. The van der Waals surface area contributed by atoms with Crippen LogP contribution in [0.4, 0.5) is 0 Å². The number of nitrogens with one attached hydrogen (secondary N) is 2. The van der Waals surface area contributed by atoms with Gasteiger partial charge in [-0.15, -0.1) is 11.9 Å². The summed E-state index contributed by atoms with van der Waals surface area (Å²) in [5.74, 6) is -0.0120. The van der Waals surface area contributed by atoms with Gasteiger partial charge in [-0.25, -0.2) is 4.79 Å². The Morgan fingerprint density at radius 3 is 2.67 bits per heavy atom. The minimum Gasteiger partial charge on any atom is -0.374 e. The van der Waals surface area contributed by atoms with Gasteiger partial charge in [0.05, 0.1) is 0 Å². The van der Waals surface area contributed by atoms with E-state index in [1.54, 1.807) is 0 Å². The Hall–Kier alpha value is -1.58. The minimum absolute atomic E-state index is 0.586. The molecule has 6 heteroatoms. The van der Waals surface area contributed by atoms with E-state index in [4.69, 9.17) is 6.42 Å². The molecule has 98 valence electrons. The van der Waals surface area contributed by atoms with Crippen LogP contribution in [-0.2, 0) is 14.4 Å². The third-order valence-corrected chi connectivity index (χ3v) is 3.48. The molecule has 2 unspecified atom stereocenters. The van der Waals surface area contributed by atoms with Gasteiger partial charge in [0.1, 0.15) is 5.54 Å². The highest BCUT2D eigenvalue weighted by atomic mass is 16.7. The van der Waals surface area contributed by atoms with Gasteiger partial charge >= 0.3 is 5.97 Å². The molecule has 2 aliphatic rings. The van der Waals surface area contributed by atoms with Gasteiger partial charge in [0, 0.05) is 0 Å². The van der Waals surface area contributed by atoms with Crippen molar-refractivity contribution >= 4 is 11.9 Å². The first kappa shape index (κ1) is 12.9. The predicted molar refractivity (Wildman–Crippen MR) is 61.5 cm³/mol. The van der Waals surface area contributed by atoms with Crippen LogP contribution in [0.15, 0.2) is 0 Å². The molecule has 0 spiro atoms. The molecule has 2 rings (SSSR count). The Labute approximate surface area is 105 Å². The van der Waals surface area contributed by atoms with Gasteiger partial charge in [-0.1, -0.05) is 25.2 Å². The molecule has 1 heterocycles. The van der Waals surface area contributed by atoms with Crippen LogP contribution in [0.2, 0.25) is 0 Å². The number of aliphatic hydroxyl groups excluding tert-OH is 1. The topological polar surface area (TPSA) is 87.7 Å². The van der Waals surface area contributed by atoms with Crippen LogP contribution in [-0.4, -0.2) is 28.7 Å². The number of hydrogen-bond donors (Lipinski definition) is 3. The Morgan fingerprint density at radius 1 is 1.50 bits per heavy atom. The second-order valence-electron chi connectivity index (χ2n) is 4.74. The molecule has 1 saturated heterocycles. The lowest BCUT2D eigenvalue weighted by Crippen LogP contribution is -2.53. The zero-order valence-electron chi connectivity index (χ0n) is 9.94. The SMILES string of the molecule is C#CC1(NC(=O)C2C(=O)ONC2O)CCCCC1. The van der Waals surface area contributed by atoms with Gasteiger partial charge in [0.25, 0.3) is 0 Å². The first-order chi connectivity index (χ1) is 8.58. The van der Waals surface area contributed by atoms with Gasteiger partial charge < -0.3 is 15.3 Å². The maximum atomic E-state index is 12.0. The lowest BCUT2D eigenvalue weighted by molar-refractivity contribution is -0.148. The summed E-state index contributed by atoms with van der Waals surface area (Å²) in [6.07, 6.45) is 8.54. The Kier molecular flexibility index (Phi) is 3.55. The van der Waals surface area contributed by atoms with E-state index in [-0.39, 0.29) is 0 Å².